The van der Waals surface area contributed by atoms with Gasteiger partial charge in [-0.3, -0.25) is 37.3 Å². The van der Waals surface area contributed by atoms with Gasteiger partial charge in [-0.25, -0.2) is 9.13 Å². The van der Waals surface area contributed by atoms with Gasteiger partial charge >= 0.3 is 39.5 Å². The monoisotopic (exact) mass is 1550 g/mol. The van der Waals surface area contributed by atoms with Gasteiger partial charge in [-0.2, -0.15) is 0 Å². The summed E-state index contributed by atoms with van der Waals surface area (Å²) < 4.78 is 68.9. The Morgan fingerprint density at radius 1 is 0.255 bits per heavy atom. The summed E-state index contributed by atoms with van der Waals surface area (Å²) >= 11 is 0. The van der Waals surface area contributed by atoms with Crippen LogP contribution < -0.4 is 0 Å². The van der Waals surface area contributed by atoms with Crippen LogP contribution in [0.1, 0.15) is 465 Å². The van der Waals surface area contributed by atoms with Gasteiger partial charge < -0.3 is 33.8 Å². The van der Waals surface area contributed by atoms with Crippen LogP contribution in [0.25, 0.3) is 0 Å². The molecule has 0 aliphatic carbocycles. The van der Waals surface area contributed by atoms with E-state index in [2.05, 4.69) is 41.5 Å². The summed E-state index contributed by atoms with van der Waals surface area (Å²) in [5.41, 5.74) is 0. The number of esters is 4. The van der Waals surface area contributed by atoms with Crippen LogP contribution in [0.15, 0.2) is 0 Å². The summed E-state index contributed by atoms with van der Waals surface area (Å²) in [4.78, 5) is 73.3. The standard InChI is InChI=1S/C87H170O17P2/c1-7-9-11-13-15-17-19-21-23-24-25-26-27-28-32-37-41-47-54-60-66-72-87(92)103-82(75-97-84(89)69-63-57-51-45-39-35-33-29-31-34-38-43-49-55-61-67-79(3)4)77-101-105(93,94)99-73-81(88)74-100-106(95,96)102-78-83(76-98-85(90)70-64-58-52-48-42-44-50-56-62-68-80(5)6)104-86(91)71-65-59-53-46-40-36-30-22-20-18-16-14-12-10-8-2/h79-83,88H,7-78H2,1-6H3,(H,93,94)(H,95,96)/t81-,82-,83-/m1/s1. The van der Waals surface area contributed by atoms with Gasteiger partial charge in [0.05, 0.1) is 26.4 Å². The van der Waals surface area contributed by atoms with Gasteiger partial charge in [0.1, 0.15) is 19.3 Å². The molecular weight excluding hydrogens is 1380 g/mol. The maximum absolute atomic E-state index is 13.2. The normalized spacial score (nSPS) is 13.8. The number of ether oxygens (including phenoxy) is 4. The smallest absolute Gasteiger partial charge is 0.462 e. The van der Waals surface area contributed by atoms with E-state index >= 15 is 0 Å². The number of hydrogen-bond donors (Lipinski definition) is 3. The summed E-state index contributed by atoms with van der Waals surface area (Å²) in [5.74, 6) is -0.550. The molecule has 106 heavy (non-hydrogen) atoms. The molecule has 3 N–H and O–H groups in total. The maximum Gasteiger partial charge on any atom is 0.472 e. The largest absolute Gasteiger partial charge is 0.472 e. The van der Waals surface area contributed by atoms with Crippen LogP contribution in [0.2, 0.25) is 0 Å². The molecule has 0 bridgehead atoms. The van der Waals surface area contributed by atoms with Crippen LogP contribution >= 0.6 is 15.6 Å². The molecule has 0 aliphatic rings. The van der Waals surface area contributed by atoms with Gasteiger partial charge in [0.25, 0.3) is 0 Å². The first-order chi connectivity index (χ1) is 51.4. The molecule has 0 rings (SSSR count). The number of aliphatic hydroxyl groups excluding tert-OH is 1. The van der Waals surface area contributed by atoms with E-state index in [1.54, 1.807) is 0 Å². The van der Waals surface area contributed by atoms with Crippen molar-refractivity contribution in [2.75, 3.05) is 39.6 Å². The van der Waals surface area contributed by atoms with Crippen molar-refractivity contribution >= 4 is 39.5 Å². The highest BCUT2D eigenvalue weighted by Crippen LogP contribution is 2.45. The first-order valence-electron chi connectivity index (χ1n) is 45.0. The Balaban J connectivity index is 5.25. The molecule has 0 radical (unpaired) electrons. The number of carbonyl (C=O) groups excluding carboxylic acids is 4. The molecule has 0 fully saturated rings. The Labute approximate surface area is 651 Å². The van der Waals surface area contributed by atoms with Crippen LogP contribution in [0, 0.1) is 11.8 Å². The molecule has 0 saturated heterocycles. The molecule has 19 heteroatoms. The molecule has 17 nitrogen and oxygen atoms in total. The SMILES string of the molecule is CCCCCCCCCCCCCCCCCCCCCCCC(=O)O[C@H](COC(=O)CCCCCCCCCCCCCCCCCC(C)C)COP(=O)(O)OC[C@@H](O)COP(=O)(O)OC[C@@H](COC(=O)CCCCCCCCCCCC(C)C)OC(=O)CCCCCCCCCCCCCCCCC. The lowest BCUT2D eigenvalue weighted by atomic mass is 10.0. The topological polar surface area (TPSA) is 237 Å². The molecule has 5 atom stereocenters. The number of unbranched alkanes of at least 4 members (excludes halogenated alkanes) is 56. The lowest BCUT2D eigenvalue weighted by Gasteiger charge is -2.21. The van der Waals surface area contributed by atoms with Crippen molar-refractivity contribution in [2.24, 2.45) is 11.8 Å². The maximum atomic E-state index is 13.2. The third-order valence-electron chi connectivity index (χ3n) is 20.5. The Morgan fingerprint density at radius 2 is 0.434 bits per heavy atom. The molecule has 0 aromatic carbocycles. The summed E-state index contributed by atoms with van der Waals surface area (Å²) in [5, 5.41) is 10.7. The minimum atomic E-state index is -4.97. The van der Waals surface area contributed by atoms with E-state index in [1.807, 2.05) is 0 Å². The van der Waals surface area contributed by atoms with Gasteiger partial charge in [0.2, 0.25) is 0 Å². The molecule has 0 aliphatic heterocycles. The summed E-state index contributed by atoms with van der Waals surface area (Å²) in [6.07, 6.45) is 70.8. The van der Waals surface area contributed by atoms with Gasteiger partial charge in [-0.05, 0) is 37.5 Å². The van der Waals surface area contributed by atoms with Gasteiger partial charge in [-0.1, -0.05) is 414 Å². The third kappa shape index (κ3) is 80.1. The number of phosphoric acid groups is 2. The van der Waals surface area contributed by atoms with E-state index < -0.39 is 97.5 Å². The van der Waals surface area contributed by atoms with Gasteiger partial charge in [0.15, 0.2) is 12.2 Å². The minimum absolute atomic E-state index is 0.108. The van der Waals surface area contributed by atoms with Crippen LogP contribution in [-0.4, -0.2) is 96.7 Å². The zero-order valence-electron chi connectivity index (χ0n) is 69.7. The van der Waals surface area contributed by atoms with E-state index in [4.69, 9.17) is 37.0 Å². The number of phosphoric ester groups is 2. The summed E-state index contributed by atoms with van der Waals surface area (Å²) in [7, 11) is -9.93. The molecular formula is C87H170O17P2. The summed E-state index contributed by atoms with van der Waals surface area (Å²) in [6, 6.07) is 0. The summed E-state index contributed by atoms with van der Waals surface area (Å²) in [6.45, 7) is 9.69. The molecule has 0 heterocycles. The number of carbonyl (C=O) groups is 4. The second-order valence-electron chi connectivity index (χ2n) is 32.2. The van der Waals surface area contributed by atoms with E-state index in [9.17, 15) is 43.2 Å². The number of rotatable bonds is 86. The van der Waals surface area contributed by atoms with Crippen LogP contribution in [-0.2, 0) is 65.4 Å². The van der Waals surface area contributed by atoms with Crippen molar-refractivity contribution in [1.82, 2.24) is 0 Å². The first kappa shape index (κ1) is 104. The predicted molar refractivity (Wildman–Crippen MR) is 437 cm³/mol. The fourth-order valence-electron chi connectivity index (χ4n) is 13.6. The van der Waals surface area contributed by atoms with Crippen LogP contribution in [0.5, 0.6) is 0 Å². The Kier molecular flexibility index (Phi) is 76.9. The molecule has 0 saturated carbocycles. The molecule has 0 amide bonds. The number of hydrogen-bond acceptors (Lipinski definition) is 15. The van der Waals surface area contributed by atoms with E-state index in [1.165, 1.54) is 283 Å². The number of aliphatic hydroxyl groups is 1. The molecule has 630 valence electrons. The van der Waals surface area contributed by atoms with Crippen molar-refractivity contribution in [3.8, 4) is 0 Å². The highest BCUT2D eigenvalue weighted by atomic mass is 31.2. The second-order valence-corrected chi connectivity index (χ2v) is 35.1. The van der Waals surface area contributed by atoms with Crippen molar-refractivity contribution in [3.63, 3.8) is 0 Å². The van der Waals surface area contributed by atoms with Crippen molar-refractivity contribution in [3.05, 3.63) is 0 Å². The van der Waals surface area contributed by atoms with Crippen molar-refractivity contribution in [1.29, 1.82) is 0 Å². The van der Waals surface area contributed by atoms with E-state index in [0.717, 1.165) is 102 Å². The Hall–Kier alpha value is -1.94. The highest BCUT2D eigenvalue weighted by molar-refractivity contribution is 7.47. The average Bonchev–Trinajstić information content (AvgIpc) is 0.901. The van der Waals surface area contributed by atoms with Gasteiger partial charge in [-0.15, -0.1) is 0 Å². The highest BCUT2D eigenvalue weighted by Gasteiger charge is 2.30. The molecule has 0 aromatic heterocycles. The van der Waals surface area contributed by atoms with Crippen LogP contribution in [0.4, 0.5) is 0 Å². The Morgan fingerprint density at radius 3 is 0.642 bits per heavy atom. The zero-order valence-corrected chi connectivity index (χ0v) is 71.5. The molecule has 2 unspecified atom stereocenters. The van der Waals surface area contributed by atoms with E-state index in [-0.39, 0.29) is 25.7 Å². The predicted octanol–water partition coefficient (Wildman–Crippen LogP) is 26.6. The fraction of sp³-hybridized carbons (Fsp3) is 0.954. The minimum Gasteiger partial charge on any atom is -0.462 e. The third-order valence-corrected chi connectivity index (χ3v) is 22.4. The average molecular weight is 1550 g/mol. The quantitative estimate of drug-likeness (QED) is 0.0222. The first-order valence-corrected chi connectivity index (χ1v) is 48.0. The van der Waals surface area contributed by atoms with Gasteiger partial charge in [0, 0.05) is 25.7 Å². The molecule has 0 aromatic rings. The fourth-order valence-corrected chi connectivity index (χ4v) is 15.2. The zero-order chi connectivity index (χ0) is 77.8. The van der Waals surface area contributed by atoms with Crippen molar-refractivity contribution in [2.45, 2.75) is 484 Å². The van der Waals surface area contributed by atoms with Crippen molar-refractivity contribution < 1.29 is 80.2 Å². The van der Waals surface area contributed by atoms with Crippen LogP contribution in [0.3, 0.4) is 0 Å². The lowest BCUT2D eigenvalue weighted by Crippen LogP contribution is -2.30. The lowest BCUT2D eigenvalue weighted by molar-refractivity contribution is -0.161. The van der Waals surface area contributed by atoms with E-state index in [0.29, 0.717) is 25.7 Å². The Bertz CT molecular complexity index is 2030. The second kappa shape index (κ2) is 78.3. The molecule has 0 spiro atoms.